The molecule has 0 fully saturated rings. The molecule has 0 aliphatic heterocycles. The quantitative estimate of drug-likeness (QED) is 0.745. The van der Waals surface area contributed by atoms with Crippen molar-refractivity contribution in [3.63, 3.8) is 0 Å². The molecule has 0 spiro atoms. The van der Waals surface area contributed by atoms with E-state index in [2.05, 4.69) is 11.8 Å². The van der Waals surface area contributed by atoms with E-state index in [9.17, 15) is 8.78 Å². The van der Waals surface area contributed by atoms with Gasteiger partial charge in [-0.25, -0.2) is 8.78 Å². The summed E-state index contributed by atoms with van der Waals surface area (Å²) in [6.07, 6.45) is 0. The Kier molecular flexibility index (Phi) is 4.15. The van der Waals surface area contributed by atoms with Crippen molar-refractivity contribution >= 4 is 0 Å². The van der Waals surface area contributed by atoms with E-state index in [1.54, 1.807) is 6.92 Å². The van der Waals surface area contributed by atoms with Crippen LogP contribution in [0.2, 0.25) is 0 Å². The molecular weight excluding hydrogens is 246 g/mol. The fourth-order valence-electron chi connectivity index (χ4n) is 1.58. The summed E-state index contributed by atoms with van der Waals surface area (Å²) in [5.41, 5.74) is 1.07. The molecule has 2 aromatic rings. The molecule has 0 N–H and O–H groups in total. The third-order valence-electron chi connectivity index (χ3n) is 2.41. The second kappa shape index (κ2) is 6.01. The number of hydrogen-bond donors (Lipinski definition) is 0. The lowest BCUT2D eigenvalue weighted by Gasteiger charge is -2.05. The van der Waals surface area contributed by atoms with Crippen molar-refractivity contribution in [2.45, 2.75) is 6.92 Å². The van der Waals surface area contributed by atoms with E-state index in [4.69, 9.17) is 4.74 Å². The Bertz CT molecular complexity index is 601. The van der Waals surface area contributed by atoms with E-state index >= 15 is 0 Å². The van der Waals surface area contributed by atoms with Gasteiger partial charge >= 0.3 is 0 Å². The zero-order valence-electron chi connectivity index (χ0n) is 10.4. The standard InChI is InChI=1S/C16H12F2O/c1-2-19-16-14(17)10-13(11-15(16)18)9-8-12-6-4-3-5-7-12/h3-7,10-11H,2H2,1H3. The summed E-state index contributed by atoms with van der Waals surface area (Å²) < 4.78 is 32.1. The van der Waals surface area contributed by atoms with Crippen LogP contribution in [0, 0.1) is 23.5 Å². The molecule has 1 nitrogen and oxygen atoms in total. The van der Waals surface area contributed by atoms with Crippen LogP contribution < -0.4 is 4.74 Å². The lowest BCUT2D eigenvalue weighted by molar-refractivity contribution is 0.302. The van der Waals surface area contributed by atoms with Crippen molar-refractivity contribution in [3.05, 3.63) is 65.2 Å². The van der Waals surface area contributed by atoms with Crippen LogP contribution in [0.3, 0.4) is 0 Å². The third kappa shape index (κ3) is 3.32. The Morgan fingerprint density at radius 1 is 0.947 bits per heavy atom. The minimum atomic E-state index is -0.737. The molecule has 0 aliphatic rings. The Morgan fingerprint density at radius 3 is 2.11 bits per heavy atom. The summed E-state index contributed by atoms with van der Waals surface area (Å²) >= 11 is 0. The topological polar surface area (TPSA) is 9.23 Å². The first kappa shape index (κ1) is 13.1. The molecule has 2 aromatic carbocycles. The molecule has 0 atom stereocenters. The van der Waals surface area contributed by atoms with Crippen LogP contribution in [-0.2, 0) is 0 Å². The molecule has 0 aromatic heterocycles. The maximum Gasteiger partial charge on any atom is 0.190 e. The van der Waals surface area contributed by atoms with Gasteiger partial charge in [-0.1, -0.05) is 30.0 Å². The number of ether oxygens (including phenoxy) is 1. The first-order valence-electron chi connectivity index (χ1n) is 5.89. The van der Waals surface area contributed by atoms with Gasteiger partial charge in [0.05, 0.1) is 6.61 Å². The normalized spacial score (nSPS) is 9.63. The van der Waals surface area contributed by atoms with Crippen molar-refractivity contribution in [3.8, 4) is 17.6 Å². The van der Waals surface area contributed by atoms with Gasteiger partial charge in [-0.15, -0.1) is 0 Å². The van der Waals surface area contributed by atoms with E-state index in [1.165, 1.54) is 12.1 Å². The largest absolute Gasteiger partial charge is 0.488 e. The molecule has 0 radical (unpaired) electrons. The fraction of sp³-hybridized carbons (Fsp3) is 0.125. The van der Waals surface area contributed by atoms with Crippen molar-refractivity contribution in [2.75, 3.05) is 6.61 Å². The van der Waals surface area contributed by atoms with Gasteiger partial charge in [0.2, 0.25) is 0 Å². The molecule has 0 saturated heterocycles. The van der Waals surface area contributed by atoms with Crippen LogP contribution in [0.5, 0.6) is 5.75 Å². The van der Waals surface area contributed by atoms with Crippen LogP contribution in [0.25, 0.3) is 0 Å². The van der Waals surface area contributed by atoms with E-state index in [-0.39, 0.29) is 17.9 Å². The third-order valence-corrected chi connectivity index (χ3v) is 2.41. The summed E-state index contributed by atoms with van der Waals surface area (Å²) in [6, 6.07) is 11.6. The molecular formula is C16H12F2O. The zero-order chi connectivity index (χ0) is 13.7. The molecule has 0 bridgehead atoms. The van der Waals surface area contributed by atoms with Gasteiger partial charge in [-0.2, -0.15) is 0 Å². The minimum Gasteiger partial charge on any atom is -0.488 e. The van der Waals surface area contributed by atoms with Crippen LogP contribution in [0.4, 0.5) is 8.78 Å². The number of rotatable bonds is 2. The maximum atomic E-state index is 13.6. The average molecular weight is 258 g/mol. The minimum absolute atomic E-state index is 0.211. The Balaban J connectivity index is 2.30. The van der Waals surface area contributed by atoms with Crippen molar-refractivity contribution < 1.29 is 13.5 Å². The molecule has 0 aliphatic carbocycles. The van der Waals surface area contributed by atoms with Gasteiger partial charge < -0.3 is 4.74 Å². The van der Waals surface area contributed by atoms with Crippen molar-refractivity contribution in [1.82, 2.24) is 0 Å². The van der Waals surface area contributed by atoms with Crippen LogP contribution in [-0.4, -0.2) is 6.61 Å². The van der Waals surface area contributed by atoms with Gasteiger partial charge in [0.1, 0.15) is 0 Å². The highest BCUT2D eigenvalue weighted by atomic mass is 19.1. The van der Waals surface area contributed by atoms with Gasteiger partial charge in [-0.05, 0) is 31.2 Å². The first-order valence-corrected chi connectivity index (χ1v) is 5.89. The number of benzene rings is 2. The average Bonchev–Trinajstić information content (AvgIpc) is 2.42. The van der Waals surface area contributed by atoms with E-state index < -0.39 is 11.6 Å². The Morgan fingerprint density at radius 2 is 1.53 bits per heavy atom. The van der Waals surface area contributed by atoms with Crippen LogP contribution in [0.15, 0.2) is 42.5 Å². The van der Waals surface area contributed by atoms with Crippen LogP contribution in [0.1, 0.15) is 18.1 Å². The zero-order valence-corrected chi connectivity index (χ0v) is 10.4. The van der Waals surface area contributed by atoms with E-state index in [0.29, 0.717) is 0 Å². The van der Waals surface area contributed by atoms with Crippen LogP contribution >= 0.6 is 0 Å². The lowest BCUT2D eigenvalue weighted by atomic mass is 10.1. The lowest BCUT2D eigenvalue weighted by Crippen LogP contribution is -1.98. The van der Waals surface area contributed by atoms with Gasteiger partial charge in [0, 0.05) is 11.1 Å². The molecule has 0 saturated carbocycles. The molecule has 2 rings (SSSR count). The second-order valence-electron chi connectivity index (χ2n) is 3.82. The predicted molar refractivity (Wildman–Crippen MR) is 69.9 cm³/mol. The summed E-state index contributed by atoms with van der Waals surface area (Å²) in [4.78, 5) is 0. The maximum absolute atomic E-state index is 13.6. The van der Waals surface area contributed by atoms with Crippen molar-refractivity contribution in [1.29, 1.82) is 0 Å². The highest BCUT2D eigenvalue weighted by Gasteiger charge is 2.11. The smallest absolute Gasteiger partial charge is 0.190 e. The summed E-state index contributed by atoms with van der Waals surface area (Å²) in [6.45, 7) is 1.88. The predicted octanol–water partition coefficient (Wildman–Crippen LogP) is 3.76. The Labute approximate surface area is 110 Å². The van der Waals surface area contributed by atoms with Gasteiger partial charge in [0.25, 0.3) is 0 Å². The number of halogens is 2. The van der Waals surface area contributed by atoms with E-state index in [0.717, 1.165) is 5.56 Å². The molecule has 19 heavy (non-hydrogen) atoms. The highest BCUT2D eigenvalue weighted by molar-refractivity contribution is 5.45. The molecule has 0 amide bonds. The first-order chi connectivity index (χ1) is 9.20. The monoisotopic (exact) mass is 258 g/mol. The molecule has 0 unspecified atom stereocenters. The SMILES string of the molecule is CCOc1c(F)cc(C#Cc2ccccc2)cc1F. The van der Waals surface area contributed by atoms with E-state index in [1.807, 2.05) is 30.3 Å². The van der Waals surface area contributed by atoms with Crippen molar-refractivity contribution in [2.24, 2.45) is 0 Å². The summed E-state index contributed by atoms with van der Waals surface area (Å²) in [5, 5.41) is 0. The summed E-state index contributed by atoms with van der Waals surface area (Å²) in [7, 11) is 0. The molecule has 0 heterocycles. The summed E-state index contributed by atoms with van der Waals surface area (Å²) in [5.74, 6) is 3.74. The highest BCUT2D eigenvalue weighted by Crippen LogP contribution is 2.22. The fourth-order valence-corrected chi connectivity index (χ4v) is 1.58. The van der Waals surface area contributed by atoms with Gasteiger partial charge in [-0.3, -0.25) is 0 Å². The van der Waals surface area contributed by atoms with Gasteiger partial charge in [0.15, 0.2) is 17.4 Å². The molecule has 3 heteroatoms. The molecule has 96 valence electrons. The Hall–Kier alpha value is -2.34. The second-order valence-corrected chi connectivity index (χ2v) is 3.82. The number of hydrogen-bond acceptors (Lipinski definition) is 1.